The minimum atomic E-state index is -1.71. The summed E-state index contributed by atoms with van der Waals surface area (Å²) in [6.07, 6.45) is 7.96. The molecule has 0 spiro atoms. The van der Waals surface area contributed by atoms with Gasteiger partial charge in [0.05, 0.1) is 6.16 Å². The average Bonchev–Trinajstić information content (AvgIpc) is 2.80. The smallest absolute Gasteiger partial charge is 0.303 e. The molecule has 3 aromatic rings. The second kappa shape index (κ2) is 13.5. The summed E-state index contributed by atoms with van der Waals surface area (Å²) in [5, 5.41) is 13.1. The Bertz CT molecular complexity index is 788. The highest BCUT2D eigenvalue weighted by Crippen LogP contribution is 2.55. The van der Waals surface area contributed by atoms with Gasteiger partial charge in [-0.25, -0.2) is 0 Å². The van der Waals surface area contributed by atoms with Gasteiger partial charge in [-0.1, -0.05) is 73.9 Å². The van der Waals surface area contributed by atoms with Gasteiger partial charge in [0.2, 0.25) is 0 Å². The van der Waals surface area contributed by atoms with Crippen LogP contribution in [0.5, 0.6) is 0 Å². The minimum absolute atomic E-state index is 0. The van der Waals surface area contributed by atoms with Gasteiger partial charge in [-0.2, -0.15) is 0 Å². The molecule has 0 radical (unpaired) electrons. The highest BCUT2D eigenvalue weighted by Gasteiger charge is 2.44. The van der Waals surface area contributed by atoms with Crippen LogP contribution in [-0.4, -0.2) is 17.2 Å². The molecule has 0 amide bonds. The monoisotopic (exact) mass is 499 g/mol. The summed E-state index contributed by atoms with van der Waals surface area (Å²) in [7, 11) is -1.71. The van der Waals surface area contributed by atoms with Gasteiger partial charge in [-0.05, 0) is 55.7 Å². The van der Waals surface area contributed by atoms with Crippen molar-refractivity contribution >= 4 is 46.1 Å². The predicted molar refractivity (Wildman–Crippen MR) is 140 cm³/mol. The molecule has 0 aliphatic heterocycles. The fourth-order valence-electron chi connectivity index (χ4n) is 4.21. The number of hydrogen-bond acceptors (Lipinski definition) is 1. The molecule has 3 rings (SSSR count). The van der Waals surface area contributed by atoms with Gasteiger partial charge in [0, 0.05) is 6.42 Å². The molecule has 164 valence electrons. The van der Waals surface area contributed by atoms with Crippen LogP contribution in [0.2, 0.25) is 0 Å². The summed E-state index contributed by atoms with van der Waals surface area (Å²) in [5.74, 6) is -0.682. The number of benzene rings is 3. The van der Waals surface area contributed by atoms with Crippen molar-refractivity contribution in [3.8, 4) is 0 Å². The van der Waals surface area contributed by atoms with Gasteiger partial charge in [-0.3, -0.25) is 4.79 Å². The third-order valence-corrected chi connectivity index (χ3v) is 10.3. The Morgan fingerprint density at radius 3 is 1.32 bits per heavy atom. The quantitative estimate of drug-likeness (QED) is 0.232. The maximum Gasteiger partial charge on any atom is 0.303 e. The van der Waals surface area contributed by atoms with Crippen LogP contribution in [0.4, 0.5) is 0 Å². The van der Waals surface area contributed by atoms with Crippen LogP contribution in [0.1, 0.15) is 44.9 Å². The van der Waals surface area contributed by atoms with Gasteiger partial charge in [0.25, 0.3) is 0 Å². The standard InChI is InChI=1S/C27H31O2P.BrH/c28-27(29)22-14-3-1-2-4-15-23-30(24-16-8-5-9-17-24,25-18-10-6-11-19-25)26-20-12-7-13-21-26;/h5-13,16-21H,1-4,14-15,22-23H2;1H/p+1. The van der Waals surface area contributed by atoms with Crippen LogP contribution >= 0.6 is 24.2 Å². The maximum atomic E-state index is 10.7. The van der Waals surface area contributed by atoms with E-state index in [0.717, 1.165) is 19.3 Å². The summed E-state index contributed by atoms with van der Waals surface area (Å²) < 4.78 is 0. The van der Waals surface area contributed by atoms with E-state index in [0.29, 0.717) is 6.42 Å². The molecule has 4 heteroatoms. The zero-order valence-electron chi connectivity index (χ0n) is 18.0. The number of halogens is 1. The molecular weight excluding hydrogens is 467 g/mol. The first kappa shape index (κ1) is 25.3. The summed E-state index contributed by atoms with van der Waals surface area (Å²) in [6, 6.07) is 33.1. The lowest BCUT2D eigenvalue weighted by Gasteiger charge is -2.27. The van der Waals surface area contributed by atoms with Crippen LogP contribution in [0.25, 0.3) is 0 Å². The average molecular weight is 500 g/mol. The molecule has 1 N–H and O–H groups in total. The summed E-state index contributed by atoms with van der Waals surface area (Å²) in [6.45, 7) is 0. The Hall–Kier alpha value is -1.96. The van der Waals surface area contributed by atoms with Crippen molar-refractivity contribution in [2.75, 3.05) is 6.16 Å². The lowest BCUT2D eigenvalue weighted by molar-refractivity contribution is -0.137. The molecular formula is C27H33BrO2P+. The Labute approximate surface area is 197 Å². The third-order valence-electron chi connectivity index (χ3n) is 5.73. The van der Waals surface area contributed by atoms with E-state index < -0.39 is 13.2 Å². The molecule has 0 saturated heterocycles. The number of aliphatic carboxylic acids is 1. The van der Waals surface area contributed by atoms with E-state index in [-0.39, 0.29) is 17.0 Å². The Morgan fingerprint density at radius 1 is 0.581 bits per heavy atom. The van der Waals surface area contributed by atoms with E-state index in [2.05, 4.69) is 91.0 Å². The lowest BCUT2D eigenvalue weighted by Crippen LogP contribution is -2.33. The van der Waals surface area contributed by atoms with Crippen LogP contribution < -0.4 is 15.9 Å². The van der Waals surface area contributed by atoms with E-state index in [4.69, 9.17) is 5.11 Å². The molecule has 0 aromatic heterocycles. The van der Waals surface area contributed by atoms with E-state index in [1.165, 1.54) is 41.3 Å². The molecule has 0 aliphatic carbocycles. The SMILES string of the molecule is Br.O=C(O)CCCCCCCC[P+](c1ccccc1)(c1ccccc1)c1ccccc1. The van der Waals surface area contributed by atoms with Gasteiger partial charge >= 0.3 is 5.97 Å². The zero-order chi connectivity index (χ0) is 21.1. The molecule has 0 bridgehead atoms. The normalized spacial score (nSPS) is 11.0. The van der Waals surface area contributed by atoms with E-state index in [1.807, 2.05) is 0 Å². The number of hydrogen-bond donors (Lipinski definition) is 1. The molecule has 31 heavy (non-hydrogen) atoms. The third kappa shape index (κ3) is 7.02. The highest BCUT2D eigenvalue weighted by atomic mass is 79.9. The number of carbonyl (C=O) groups is 1. The molecule has 0 aliphatic rings. The van der Waals surface area contributed by atoms with Gasteiger partial charge < -0.3 is 5.11 Å². The molecule has 0 heterocycles. The summed E-state index contributed by atoms with van der Waals surface area (Å²) in [5.41, 5.74) is 0. The second-order valence-corrected chi connectivity index (χ2v) is 11.4. The van der Waals surface area contributed by atoms with Gasteiger partial charge in [0.1, 0.15) is 23.2 Å². The van der Waals surface area contributed by atoms with Crippen molar-refractivity contribution in [1.29, 1.82) is 0 Å². The number of carboxylic acids is 1. The Balaban J connectivity index is 0.00000341. The molecule has 0 saturated carbocycles. The summed E-state index contributed by atoms with van der Waals surface area (Å²) in [4.78, 5) is 10.7. The topological polar surface area (TPSA) is 37.3 Å². The van der Waals surface area contributed by atoms with Crippen molar-refractivity contribution in [2.45, 2.75) is 44.9 Å². The molecule has 0 fully saturated rings. The van der Waals surface area contributed by atoms with Crippen LogP contribution in [-0.2, 0) is 4.79 Å². The minimum Gasteiger partial charge on any atom is -0.481 e. The first-order valence-corrected chi connectivity index (χ1v) is 13.0. The number of rotatable bonds is 12. The molecule has 0 atom stereocenters. The van der Waals surface area contributed by atoms with Crippen molar-refractivity contribution < 1.29 is 9.90 Å². The molecule has 0 unspecified atom stereocenters. The van der Waals surface area contributed by atoms with Crippen molar-refractivity contribution in [3.05, 3.63) is 91.0 Å². The first-order valence-electron chi connectivity index (χ1n) is 11.0. The van der Waals surface area contributed by atoms with Crippen LogP contribution in [0, 0.1) is 0 Å². The molecule has 3 aromatic carbocycles. The van der Waals surface area contributed by atoms with Crippen molar-refractivity contribution in [1.82, 2.24) is 0 Å². The summed E-state index contributed by atoms with van der Waals surface area (Å²) >= 11 is 0. The molecule has 2 nitrogen and oxygen atoms in total. The Kier molecular flexibility index (Phi) is 11.0. The van der Waals surface area contributed by atoms with E-state index in [9.17, 15) is 4.79 Å². The predicted octanol–water partition coefficient (Wildman–Crippen LogP) is 6.37. The lowest BCUT2D eigenvalue weighted by atomic mass is 10.1. The number of unbranched alkanes of at least 4 members (excludes halogenated alkanes) is 5. The van der Waals surface area contributed by atoms with E-state index >= 15 is 0 Å². The van der Waals surface area contributed by atoms with Gasteiger partial charge in [-0.15, -0.1) is 17.0 Å². The highest BCUT2D eigenvalue weighted by molar-refractivity contribution is 8.93. The van der Waals surface area contributed by atoms with E-state index in [1.54, 1.807) is 0 Å². The number of carboxylic acid groups (broad SMARTS) is 1. The zero-order valence-corrected chi connectivity index (χ0v) is 20.6. The van der Waals surface area contributed by atoms with Crippen LogP contribution in [0.3, 0.4) is 0 Å². The first-order chi connectivity index (χ1) is 14.7. The van der Waals surface area contributed by atoms with Crippen molar-refractivity contribution in [3.63, 3.8) is 0 Å². The van der Waals surface area contributed by atoms with Crippen molar-refractivity contribution in [2.24, 2.45) is 0 Å². The maximum absolute atomic E-state index is 10.7. The largest absolute Gasteiger partial charge is 0.481 e. The fourth-order valence-corrected chi connectivity index (χ4v) is 8.62. The second-order valence-electron chi connectivity index (χ2n) is 7.81. The van der Waals surface area contributed by atoms with Crippen LogP contribution in [0.15, 0.2) is 91.0 Å². The fraction of sp³-hybridized carbons (Fsp3) is 0.296. The Morgan fingerprint density at radius 2 is 0.935 bits per heavy atom. The van der Waals surface area contributed by atoms with Gasteiger partial charge in [0.15, 0.2) is 0 Å².